The number of carbonyl (C=O) groups is 2. The maximum atomic E-state index is 11.5. The van der Waals surface area contributed by atoms with E-state index in [2.05, 4.69) is 47.3 Å². The number of hydrogen-bond donors (Lipinski definition) is 2. The molecule has 0 atom stereocenters. The van der Waals surface area contributed by atoms with Gasteiger partial charge in [0.2, 0.25) is 29.5 Å². The molecule has 1 aliphatic rings. The molecule has 1 saturated heterocycles. The van der Waals surface area contributed by atoms with Gasteiger partial charge in [-0.3, -0.25) is 14.5 Å². The Morgan fingerprint density at radius 2 is 1.49 bits per heavy atom. The Bertz CT molecular complexity index is 987. The Labute approximate surface area is 209 Å². The van der Waals surface area contributed by atoms with E-state index in [1.807, 2.05) is 0 Å². The molecule has 3 heterocycles. The summed E-state index contributed by atoms with van der Waals surface area (Å²) in [5, 5.41) is 5.47. The second-order valence-electron chi connectivity index (χ2n) is 7.94. The standard InChI is InChI=1S/C22H32N8O4S/c1-6-7-8-29-9-11-30(12-10-29)21-27-19(33-4)18(20(28-21)34-5)35-22-25-16(23-14(2)31)13-17(26-22)24-15(3)32/h13H,6-12H2,1-5H3,(H2,23,24,25,26,31,32). The van der Waals surface area contributed by atoms with Gasteiger partial charge in [-0.2, -0.15) is 9.97 Å². The number of hydrogen-bond acceptors (Lipinski definition) is 11. The predicted molar refractivity (Wildman–Crippen MR) is 133 cm³/mol. The number of methoxy groups -OCH3 is 2. The number of carbonyl (C=O) groups excluding carboxylic acids is 2. The van der Waals surface area contributed by atoms with Crippen molar-refractivity contribution in [3.05, 3.63) is 6.07 Å². The highest BCUT2D eigenvalue weighted by molar-refractivity contribution is 7.99. The molecular formula is C22H32N8O4S. The number of amides is 2. The highest BCUT2D eigenvalue weighted by Crippen LogP contribution is 2.40. The van der Waals surface area contributed by atoms with Gasteiger partial charge >= 0.3 is 0 Å². The number of nitrogens with zero attached hydrogens (tertiary/aromatic N) is 6. The van der Waals surface area contributed by atoms with Crippen LogP contribution in [0.1, 0.15) is 33.6 Å². The van der Waals surface area contributed by atoms with E-state index >= 15 is 0 Å². The quantitative estimate of drug-likeness (QED) is 0.461. The van der Waals surface area contributed by atoms with Crippen molar-refractivity contribution in [2.75, 3.05) is 62.5 Å². The van der Waals surface area contributed by atoms with Gasteiger partial charge in [0.15, 0.2) is 5.16 Å². The van der Waals surface area contributed by atoms with E-state index in [4.69, 9.17) is 9.47 Å². The van der Waals surface area contributed by atoms with Crippen LogP contribution in [0.2, 0.25) is 0 Å². The van der Waals surface area contributed by atoms with E-state index < -0.39 is 0 Å². The van der Waals surface area contributed by atoms with Gasteiger partial charge in [0, 0.05) is 46.1 Å². The Morgan fingerprint density at radius 3 is 1.94 bits per heavy atom. The lowest BCUT2D eigenvalue weighted by molar-refractivity contribution is -0.115. The summed E-state index contributed by atoms with van der Waals surface area (Å²) < 4.78 is 11.1. The topological polar surface area (TPSA) is 135 Å². The maximum Gasteiger partial charge on any atom is 0.236 e. The normalized spacial score (nSPS) is 13.9. The van der Waals surface area contributed by atoms with Gasteiger partial charge in [-0.25, -0.2) is 9.97 Å². The van der Waals surface area contributed by atoms with Gasteiger partial charge in [-0.05, 0) is 24.7 Å². The fraction of sp³-hybridized carbons (Fsp3) is 0.545. The van der Waals surface area contributed by atoms with Gasteiger partial charge < -0.3 is 25.0 Å². The van der Waals surface area contributed by atoms with Crippen LogP contribution in [0, 0.1) is 0 Å². The summed E-state index contributed by atoms with van der Waals surface area (Å²) in [7, 11) is 3.05. The summed E-state index contributed by atoms with van der Waals surface area (Å²) in [6.45, 7) is 9.55. The van der Waals surface area contributed by atoms with Crippen molar-refractivity contribution in [1.29, 1.82) is 0 Å². The summed E-state index contributed by atoms with van der Waals surface area (Å²) in [4.78, 5) is 46.1. The first-order valence-electron chi connectivity index (χ1n) is 11.4. The third kappa shape index (κ3) is 7.39. The Balaban J connectivity index is 1.87. The van der Waals surface area contributed by atoms with E-state index in [9.17, 15) is 9.59 Å². The summed E-state index contributed by atoms with van der Waals surface area (Å²) >= 11 is 1.11. The number of unbranched alkanes of at least 4 members (excludes halogenated alkanes) is 1. The highest BCUT2D eigenvalue weighted by Gasteiger charge is 2.24. The van der Waals surface area contributed by atoms with Gasteiger partial charge in [-0.1, -0.05) is 13.3 Å². The van der Waals surface area contributed by atoms with E-state index in [0.29, 0.717) is 22.6 Å². The molecular weight excluding hydrogens is 472 g/mol. The molecule has 2 aromatic heterocycles. The van der Waals surface area contributed by atoms with E-state index in [0.717, 1.165) is 44.5 Å². The third-order valence-electron chi connectivity index (χ3n) is 5.17. The molecule has 0 radical (unpaired) electrons. The maximum absolute atomic E-state index is 11.5. The number of rotatable bonds is 10. The monoisotopic (exact) mass is 504 g/mol. The van der Waals surface area contributed by atoms with Crippen molar-refractivity contribution in [3.8, 4) is 11.8 Å². The van der Waals surface area contributed by atoms with Crippen LogP contribution >= 0.6 is 11.8 Å². The van der Waals surface area contributed by atoms with Crippen LogP contribution in [-0.2, 0) is 9.59 Å². The first-order valence-corrected chi connectivity index (χ1v) is 12.2. The minimum absolute atomic E-state index is 0.246. The smallest absolute Gasteiger partial charge is 0.236 e. The molecule has 0 aromatic carbocycles. The van der Waals surface area contributed by atoms with Gasteiger partial charge in [-0.15, -0.1) is 0 Å². The number of ether oxygens (including phenoxy) is 2. The van der Waals surface area contributed by atoms with E-state index in [1.54, 1.807) is 0 Å². The first kappa shape index (κ1) is 26.4. The number of piperazine rings is 1. The molecule has 190 valence electrons. The summed E-state index contributed by atoms with van der Waals surface area (Å²) in [6, 6.07) is 1.47. The Kier molecular flexibility index (Phi) is 9.43. The number of aromatic nitrogens is 4. The molecule has 1 fully saturated rings. The third-order valence-corrected chi connectivity index (χ3v) is 6.09. The molecule has 0 bridgehead atoms. The van der Waals surface area contributed by atoms with Crippen LogP contribution in [0.25, 0.3) is 0 Å². The average molecular weight is 505 g/mol. The van der Waals surface area contributed by atoms with Crippen LogP contribution in [0.5, 0.6) is 11.8 Å². The summed E-state index contributed by atoms with van der Waals surface area (Å²) in [5.74, 6) is 1.06. The molecule has 0 spiro atoms. The molecule has 0 aliphatic carbocycles. The molecule has 2 aromatic rings. The average Bonchev–Trinajstić information content (AvgIpc) is 2.82. The largest absolute Gasteiger partial charge is 0.480 e. The molecule has 1 aliphatic heterocycles. The highest BCUT2D eigenvalue weighted by atomic mass is 32.2. The minimum Gasteiger partial charge on any atom is -0.480 e. The summed E-state index contributed by atoms with van der Waals surface area (Å²) in [6.07, 6.45) is 2.37. The molecule has 3 rings (SSSR count). The predicted octanol–water partition coefficient (Wildman–Crippen LogP) is 2.27. The van der Waals surface area contributed by atoms with Crippen molar-refractivity contribution >= 4 is 41.2 Å². The van der Waals surface area contributed by atoms with Crippen molar-refractivity contribution < 1.29 is 19.1 Å². The van der Waals surface area contributed by atoms with E-state index in [1.165, 1.54) is 47.0 Å². The minimum atomic E-state index is -0.300. The lowest BCUT2D eigenvalue weighted by Crippen LogP contribution is -2.47. The fourth-order valence-electron chi connectivity index (χ4n) is 3.51. The van der Waals surface area contributed by atoms with Crippen LogP contribution in [0.15, 0.2) is 16.1 Å². The van der Waals surface area contributed by atoms with Crippen molar-refractivity contribution in [1.82, 2.24) is 24.8 Å². The first-order chi connectivity index (χ1) is 16.8. The van der Waals surface area contributed by atoms with Crippen molar-refractivity contribution in [3.63, 3.8) is 0 Å². The van der Waals surface area contributed by atoms with Crippen LogP contribution in [-0.4, -0.2) is 83.6 Å². The summed E-state index contributed by atoms with van der Waals surface area (Å²) in [5.41, 5.74) is 0. The zero-order valence-corrected chi connectivity index (χ0v) is 21.6. The lowest BCUT2D eigenvalue weighted by atomic mass is 10.2. The van der Waals surface area contributed by atoms with Gasteiger partial charge in [0.05, 0.1) is 14.2 Å². The van der Waals surface area contributed by atoms with Crippen molar-refractivity contribution in [2.45, 2.75) is 43.7 Å². The van der Waals surface area contributed by atoms with E-state index in [-0.39, 0.29) is 28.6 Å². The second-order valence-corrected chi connectivity index (χ2v) is 8.92. The van der Waals surface area contributed by atoms with Crippen LogP contribution in [0.3, 0.4) is 0 Å². The van der Waals surface area contributed by atoms with Crippen molar-refractivity contribution in [2.24, 2.45) is 0 Å². The Hall–Kier alpha value is -3.19. The molecule has 35 heavy (non-hydrogen) atoms. The van der Waals surface area contributed by atoms with Gasteiger partial charge in [0.1, 0.15) is 16.5 Å². The molecule has 2 N–H and O–H groups in total. The molecule has 12 nitrogen and oxygen atoms in total. The number of anilines is 3. The zero-order valence-electron chi connectivity index (χ0n) is 20.8. The molecule has 0 saturated carbocycles. The molecule has 13 heteroatoms. The lowest BCUT2D eigenvalue weighted by Gasteiger charge is -2.34. The number of nitrogens with one attached hydrogen (secondary N) is 2. The van der Waals surface area contributed by atoms with Crippen LogP contribution in [0.4, 0.5) is 17.6 Å². The zero-order chi connectivity index (χ0) is 25.4. The van der Waals surface area contributed by atoms with Crippen LogP contribution < -0.4 is 25.0 Å². The molecule has 2 amide bonds. The fourth-order valence-corrected chi connectivity index (χ4v) is 4.41. The SMILES string of the molecule is CCCCN1CCN(c2nc(OC)c(Sc3nc(NC(C)=O)cc(NC(C)=O)n3)c(OC)n2)CC1. The Morgan fingerprint density at radius 1 is 0.943 bits per heavy atom. The molecule has 0 unspecified atom stereocenters. The second kappa shape index (κ2) is 12.5. The van der Waals surface area contributed by atoms with Gasteiger partial charge in [0.25, 0.3) is 0 Å².